The first kappa shape index (κ1) is 20.8. The highest BCUT2D eigenvalue weighted by molar-refractivity contribution is 7.89. The zero-order valence-electron chi connectivity index (χ0n) is 17.5. The topological polar surface area (TPSA) is 84.5 Å². The number of amides is 1. The minimum atomic E-state index is -3.65. The first-order valence-electron chi connectivity index (χ1n) is 10.7. The van der Waals surface area contributed by atoms with Crippen LogP contribution in [0.4, 0.5) is 5.69 Å². The van der Waals surface area contributed by atoms with Crippen molar-refractivity contribution in [3.8, 4) is 0 Å². The van der Waals surface area contributed by atoms with E-state index in [0.29, 0.717) is 24.1 Å². The van der Waals surface area contributed by atoms with Gasteiger partial charge in [-0.25, -0.2) is 13.1 Å². The Morgan fingerprint density at radius 2 is 1.62 bits per heavy atom. The third-order valence-electron chi connectivity index (χ3n) is 7.40. The van der Waals surface area contributed by atoms with Crippen LogP contribution in [0.3, 0.4) is 0 Å². The molecule has 0 saturated heterocycles. The number of rotatable bonds is 7. The smallest absolute Gasteiger partial charge is 0.240 e. The van der Waals surface area contributed by atoms with E-state index < -0.39 is 10.0 Å². The van der Waals surface area contributed by atoms with Crippen LogP contribution in [0.5, 0.6) is 0 Å². The molecule has 0 aromatic heterocycles. The number of benzene rings is 1. The quantitative estimate of drug-likeness (QED) is 0.708. The van der Waals surface area contributed by atoms with E-state index in [1.165, 1.54) is 18.6 Å². The molecule has 0 unspecified atom stereocenters. The average Bonchev–Trinajstić information content (AvgIpc) is 2.68. The Hall–Kier alpha value is -1.44. The highest BCUT2D eigenvalue weighted by Crippen LogP contribution is 2.59. The Morgan fingerprint density at radius 3 is 2.10 bits per heavy atom. The van der Waals surface area contributed by atoms with Crippen LogP contribution in [0.1, 0.15) is 46.0 Å². The fourth-order valence-electron chi connectivity index (χ4n) is 5.97. The van der Waals surface area contributed by atoms with Gasteiger partial charge in [-0.15, -0.1) is 0 Å². The molecule has 4 bridgehead atoms. The lowest BCUT2D eigenvalue weighted by Crippen LogP contribution is -2.63. The summed E-state index contributed by atoms with van der Waals surface area (Å²) in [6, 6.07) is 6.33. The van der Waals surface area contributed by atoms with Crippen LogP contribution in [0.2, 0.25) is 0 Å². The second kappa shape index (κ2) is 7.67. The van der Waals surface area contributed by atoms with Gasteiger partial charge in [-0.1, -0.05) is 13.8 Å². The SMILES string of the molecule is COC1(CNS(=O)(=O)c2ccc(NC(=O)C(C)C)cc2)C2CC3CC(C2)CC1C3. The van der Waals surface area contributed by atoms with Gasteiger partial charge in [0.05, 0.1) is 10.5 Å². The van der Waals surface area contributed by atoms with Crippen LogP contribution in [-0.2, 0) is 19.6 Å². The van der Waals surface area contributed by atoms with E-state index in [9.17, 15) is 13.2 Å². The minimum absolute atomic E-state index is 0.0948. The molecule has 4 aliphatic carbocycles. The summed E-state index contributed by atoms with van der Waals surface area (Å²) in [6.45, 7) is 3.95. The summed E-state index contributed by atoms with van der Waals surface area (Å²) in [7, 11) is -1.91. The monoisotopic (exact) mass is 420 g/mol. The number of ether oxygens (including phenoxy) is 1. The Labute approximate surface area is 173 Å². The van der Waals surface area contributed by atoms with Crippen LogP contribution in [0.25, 0.3) is 0 Å². The summed E-state index contributed by atoms with van der Waals surface area (Å²) in [5.74, 6) is 2.26. The molecule has 4 saturated carbocycles. The van der Waals surface area contributed by atoms with E-state index in [4.69, 9.17) is 4.74 Å². The third kappa shape index (κ3) is 3.84. The molecule has 5 rings (SSSR count). The van der Waals surface area contributed by atoms with Gasteiger partial charge < -0.3 is 10.1 Å². The van der Waals surface area contributed by atoms with Crippen molar-refractivity contribution < 1.29 is 17.9 Å². The molecule has 1 aromatic carbocycles. The van der Waals surface area contributed by atoms with Crippen molar-refractivity contribution in [2.45, 2.75) is 56.4 Å². The van der Waals surface area contributed by atoms with Gasteiger partial charge in [0, 0.05) is 25.3 Å². The summed E-state index contributed by atoms with van der Waals surface area (Å²) in [4.78, 5) is 12.0. The molecule has 0 spiro atoms. The molecule has 0 atom stereocenters. The Bertz CT molecular complexity index is 835. The van der Waals surface area contributed by atoms with Gasteiger partial charge in [0.25, 0.3) is 0 Å². The fraction of sp³-hybridized carbons (Fsp3) is 0.682. The summed E-state index contributed by atoms with van der Waals surface area (Å²) in [5, 5.41) is 2.78. The number of nitrogens with one attached hydrogen (secondary N) is 2. The van der Waals surface area contributed by atoms with Crippen LogP contribution >= 0.6 is 0 Å². The molecule has 160 valence electrons. The molecule has 4 aliphatic rings. The number of hydrogen-bond donors (Lipinski definition) is 2. The van der Waals surface area contributed by atoms with E-state index in [2.05, 4.69) is 10.0 Å². The van der Waals surface area contributed by atoms with Gasteiger partial charge in [0.15, 0.2) is 0 Å². The number of anilines is 1. The van der Waals surface area contributed by atoms with Crippen LogP contribution in [-0.4, -0.2) is 33.6 Å². The highest BCUT2D eigenvalue weighted by atomic mass is 32.2. The predicted octanol–water partition coefficient (Wildman–Crippen LogP) is 3.40. The Balaban J connectivity index is 1.45. The standard InChI is InChI=1S/C22H32N2O4S/c1-14(2)21(25)24-19-4-6-20(7-5-19)29(26,27)23-13-22(28-3)17-9-15-8-16(11-17)12-18(22)10-15/h4-7,14-18,23H,8-13H2,1-3H3,(H,24,25). The number of carbonyl (C=O) groups is 1. The van der Waals surface area contributed by atoms with Gasteiger partial charge >= 0.3 is 0 Å². The molecule has 6 nitrogen and oxygen atoms in total. The molecule has 0 aliphatic heterocycles. The Kier molecular flexibility index (Phi) is 5.51. The van der Waals surface area contributed by atoms with Crippen molar-refractivity contribution in [2.24, 2.45) is 29.6 Å². The number of sulfonamides is 1. The normalized spacial score (nSPS) is 33.2. The summed E-state index contributed by atoms with van der Waals surface area (Å²) >= 11 is 0. The molecule has 7 heteroatoms. The zero-order chi connectivity index (χ0) is 20.8. The second-order valence-corrected chi connectivity index (χ2v) is 11.2. The van der Waals surface area contributed by atoms with Gasteiger partial charge in [-0.2, -0.15) is 0 Å². The maximum atomic E-state index is 12.9. The van der Waals surface area contributed by atoms with Crippen LogP contribution in [0.15, 0.2) is 29.2 Å². The van der Waals surface area contributed by atoms with E-state index in [0.717, 1.165) is 37.5 Å². The summed E-state index contributed by atoms with van der Waals surface area (Å²) < 4.78 is 34.7. The molecule has 1 aromatic rings. The van der Waals surface area contributed by atoms with E-state index in [1.54, 1.807) is 19.2 Å². The third-order valence-corrected chi connectivity index (χ3v) is 8.81. The van der Waals surface area contributed by atoms with Crippen molar-refractivity contribution in [3.05, 3.63) is 24.3 Å². The lowest BCUT2D eigenvalue weighted by molar-refractivity contribution is -0.185. The predicted molar refractivity (Wildman–Crippen MR) is 112 cm³/mol. The van der Waals surface area contributed by atoms with Crippen molar-refractivity contribution in [1.29, 1.82) is 0 Å². The van der Waals surface area contributed by atoms with Crippen molar-refractivity contribution in [1.82, 2.24) is 4.72 Å². The largest absolute Gasteiger partial charge is 0.376 e. The van der Waals surface area contributed by atoms with Crippen LogP contribution in [0, 0.1) is 29.6 Å². The fourth-order valence-corrected chi connectivity index (χ4v) is 7.05. The first-order valence-corrected chi connectivity index (χ1v) is 12.2. The van der Waals surface area contributed by atoms with Crippen molar-refractivity contribution >= 4 is 21.6 Å². The van der Waals surface area contributed by atoms with Gasteiger partial charge in [-0.05, 0) is 80.0 Å². The molecule has 0 heterocycles. The minimum Gasteiger partial charge on any atom is -0.376 e. The van der Waals surface area contributed by atoms with Gasteiger partial charge in [0.1, 0.15) is 0 Å². The number of hydrogen-bond acceptors (Lipinski definition) is 4. The maximum absolute atomic E-state index is 12.9. The lowest BCUT2D eigenvalue weighted by atomic mass is 9.50. The van der Waals surface area contributed by atoms with E-state index in [-0.39, 0.29) is 22.3 Å². The highest BCUT2D eigenvalue weighted by Gasteiger charge is 2.57. The molecule has 2 N–H and O–H groups in total. The zero-order valence-corrected chi connectivity index (χ0v) is 18.3. The first-order chi connectivity index (χ1) is 13.7. The van der Waals surface area contributed by atoms with Gasteiger partial charge in [0.2, 0.25) is 15.9 Å². The van der Waals surface area contributed by atoms with E-state index >= 15 is 0 Å². The summed E-state index contributed by atoms with van der Waals surface area (Å²) in [5.41, 5.74) is 0.211. The molecule has 0 radical (unpaired) electrons. The molecule has 4 fully saturated rings. The van der Waals surface area contributed by atoms with Gasteiger partial charge in [-0.3, -0.25) is 4.79 Å². The second-order valence-electron chi connectivity index (χ2n) is 9.46. The van der Waals surface area contributed by atoms with Crippen molar-refractivity contribution in [3.63, 3.8) is 0 Å². The molecular weight excluding hydrogens is 388 g/mol. The molecule has 29 heavy (non-hydrogen) atoms. The Morgan fingerprint density at radius 1 is 1.07 bits per heavy atom. The van der Waals surface area contributed by atoms with E-state index in [1.807, 2.05) is 13.8 Å². The van der Waals surface area contributed by atoms with Crippen molar-refractivity contribution in [2.75, 3.05) is 19.0 Å². The maximum Gasteiger partial charge on any atom is 0.240 e. The molecule has 1 amide bonds. The average molecular weight is 421 g/mol. The lowest BCUT2D eigenvalue weighted by Gasteiger charge is -2.60. The summed E-state index contributed by atoms with van der Waals surface area (Å²) in [6.07, 6.45) is 5.98. The van der Waals surface area contributed by atoms with Crippen LogP contribution < -0.4 is 10.0 Å². The number of methoxy groups -OCH3 is 1. The number of carbonyl (C=O) groups excluding carboxylic acids is 1. The molecular formula is C22H32N2O4S.